The van der Waals surface area contributed by atoms with E-state index in [1.807, 2.05) is 26.0 Å². The molecule has 3 rings (SSSR count). The standard InChI is InChI=1S/C24H32N2O3S/c1-4-18-10-14-22(15-11-18)26(30(3,28)29)17-24(27)25-23(5-2)21-13-12-19-8-6-7-9-20(19)16-21/h10-16,23H,4-9,17H2,1-3H3,(H,25,27). The Morgan fingerprint density at radius 2 is 1.70 bits per heavy atom. The Morgan fingerprint density at radius 1 is 1.03 bits per heavy atom. The maximum Gasteiger partial charge on any atom is 0.241 e. The van der Waals surface area contributed by atoms with Crippen molar-refractivity contribution in [2.75, 3.05) is 17.1 Å². The van der Waals surface area contributed by atoms with Crippen LogP contribution in [-0.2, 0) is 34.1 Å². The Balaban J connectivity index is 1.75. The molecule has 0 aromatic heterocycles. The second-order valence-corrected chi connectivity index (χ2v) is 9.96. The SMILES string of the molecule is CCc1ccc(N(CC(=O)NC(CC)c2ccc3c(c2)CCCC3)S(C)(=O)=O)cc1. The molecule has 0 spiro atoms. The first kappa shape index (κ1) is 22.3. The zero-order valence-electron chi connectivity index (χ0n) is 18.1. The van der Waals surface area contributed by atoms with E-state index in [2.05, 4.69) is 23.5 Å². The summed E-state index contributed by atoms with van der Waals surface area (Å²) < 4.78 is 25.9. The lowest BCUT2D eigenvalue weighted by Gasteiger charge is -2.25. The van der Waals surface area contributed by atoms with E-state index >= 15 is 0 Å². The molecule has 5 nitrogen and oxygen atoms in total. The molecule has 6 heteroatoms. The van der Waals surface area contributed by atoms with E-state index in [-0.39, 0.29) is 18.5 Å². The third-order valence-electron chi connectivity index (χ3n) is 5.84. The van der Waals surface area contributed by atoms with Gasteiger partial charge in [0.05, 0.1) is 18.0 Å². The van der Waals surface area contributed by atoms with Gasteiger partial charge in [-0.15, -0.1) is 0 Å². The van der Waals surface area contributed by atoms with Crippen LogP contribution in [0.1, 0.15) is 61.4 Å². The lowest BCUT2D eigenvalue weighted by Crippen LogP contribution is -2.41. The van der Waals surface area contributed by atoms with Gasteiger partial charge in [0, 0.05) is 0 Å². The molecular formula is C24H32N2O3S. The summed E-state index contributed by atoms with van der Waals surface area (Å²) in [7, 11) is -3.58. The zero-order chi connectivity index (χ0) is 21.7. The van der Waals surface area contributed by atoms with Gasteiger partial charge in [-0.25, -0.2) is 8.42 Å². The van der Waals surface area contributed by atoms with Crippen LogP contribution in [0.25, 0.3) is 0 Å². The van der Waals surface area contributed by atoms with Gasteiger partial charge < -0.3 is 5.32 Å². The normalized spacial score (nSPS) is 14.6. The van der Waals surface area contributed by atoms with E-state index in [1.165, 1.54) is 28.3 Å². The summed E-state index contributed by atoms with van der Waals surface area (Å²) in [5, 5.41) is 3.04. The monoisotopic (exact) mass is 428 g/mol. The smallest absolute Gasteiger partial charge is 0.241 e. The molecule has 2 aromatic rings. The number of hydrogen-bond donors (Lipinski definition) is 1. The van der Waals surface area contributed by atoms with Gasteiger partial charge in [0.25, 0.3) is 0 Å². The van der Waals surface area contributed by atoms with Crippen LogP contribution in [0.3, 0.4) is 0 Å². The van der Waals surface area contributed by atoms with Crippen LogP contribution < -0.4 is 9.62 Å². The highest BCUT2D eigenvalue weighted by Gasteiger charge is 2.23. The molecular weight excluding hydrogens is 396 g/mol. The number of sulfonamides is 1. The van der Waals surface area contributed by atoms with Crippen LogP contribution in [-0.4, -0.2) is 27.1 Å². The summed E-state index contributed by atoms with van der Waals surface area (Å²) in [4.78, 5) is 12.8. The number of nitrogens with zero attached hydrogens (tertiary/aromatic N) is 1. The fourth-order valence-corrected chi connectivity index (χ4v) is 4.92. The molecule has 0 aliphatic heterocycles. The van der Waals surface area contributed by atoms with Gasteiger partial charge >= 0.3 is 0 Å². The molecule has 1 amide bonds. The molecule has 1 N–H and O–H groups in total. The first-order valence-corrected chi connectivity index (χ1v) is 12.6. The van der Waals surface area contributed by atoms with Gasteiger partial charge in [-0.05, 0) is 72.9 Å². The summed E-state index contributed by atoms with van der Waals surface area (Å²) >= 11 is 0. The highest BCUT2D eigenvalue weighted by molar-refractivity contribution is 7.92. The Labute approximate surface area is 180 Å². The predicted molar refractivity (Wildman–Crippen MR) is 122 cm³/mol. The van der Waals surface area contributed by atoms with Crippen molar-refractivity contribution in [3.8, 4) is 0 Å². The van der Waals surface area contributed by atoms with Crippen LogP contribution in [0.5, 0.6) is 0 Å². The van der Waals surface area contributed by atoms with Gasteiger partial charge in [-0.2, -0.15) is 0 Å². The van der Waals surface area contributed by atoms with Crippen molar-refractivity contribution >= 4 is 21.6 Å². The minimum Gasteiger partial charge on any atom is -0.348 e. The lowest BCUT2D eigenvalue weighted by molar-refractivity contribution is -0.120. The van der Waals surface area contributed by atoms with E-state index in [9.17, 15) is 13.2 Å². The van der Waals surface area contributed by atoms with E-state index in [1.54, 1.807) is 12.1 Å². The van der Waals surface area contributed by atoms with Crippen LogP contribution in [0.2, 0.25) is 0 Å². The molecule has 0 heterocycles. The van der Waals surface area contributed by atoms with Crippen molar-refractivity contribution in [2.45, 2.75) is 58.4 Å². The molecule has 0 radical (unpaired) electrons. The Hall–Kier alpha value is -2.34. The number of nitrogens with one attached hydrogen (secondary N) is 1. The molecule has 1 unspecified atom stereocenters. The zero-order valence-corrected chi connectivity index (χ0v) is 19.0. The second-order valence-electron chi connectivity index (χ2n) is 8.05. The number of carbonyl (C=O) groups is 1. The Morgan fingerprint density at radius 3 is 2.30 bits per heavy atom. The van der Waals surface area contributed by atoms with Crippen LogP contribution in [0, 0.1) is 0 Å². The molecule has 1 aliphatic carbocycles. The molecule has 2 aromatic carbocycles. The maximum absolute atomic E-state index is 12.8. The van der Waals surface area contributed by atoms with Crippen molar-refractivity contribution in [2.24, 2.45) is 0 Å². The van der Waals surface area contributed by atoms with Crippen molar-refractivity contribution in [1.29, 1.82) is 0 Å². The molecule has 162 valence electrons. The fraction of sp³-hybridized carbons (Fsp3) is 0.458. The minimum absolute atomic E-state index is 0.131. The van der Waals surface area contributed by atoms with E-state index in [0.717, 1.165) is 43.1 Å². The highest BCUT2D eigenvalue weighted by atomic mass is 32.2. The van der Waals surface area contributed by atoms with Crippen LogP contribution >= 0.6 is 0 Å². The maximum atomic E-state index is 12.8. The van der Waals surface area contributed by atoms with E-state index in [4.69, 9.17) is 0 Å². The van der Waals surface area contributed by atoms with Gasteiger partial charge in [-0.3, -0.25) is 9.10 Å². The summed E-state index contributed by atoms with van der Waals surface area (Å²) in [5.74, 6) is -0.301. The summed E-state index contributed by atoms with van der Waals surface area (Å²) in [6.07, 6.45) is 7.41. The number of carbonyl (C=O) groups excluding carboxylic acids is 1. The first-order valence-electron chi connectivity index (χ1n) is 10.8. The molecule has 0 saturated carbocycles. The van der Waals surface area contributed by atoms with Gasteiger partial charge in [-0.1, -0.05) is 44.2 Å². The number of fused-ring (bicyclic) bond motifs is 1. The molecule has 1 atom stereocenters. The van der Waals surface area contributed by atoms with Gasteiger partial charge in [0.1, 0.15) is 6.54 Å². The number of hydrogen-bond acceptors (Lipinski definition) is 3. The van der Waals surface area contributed by atoms with Crippen molar-refractivity contribution in [3.63, 3.8) is 0 Å². The first-order chi connectivity index (χ1) is 14.3. The number of anilines is 1. The third-order valence-corrected chi connectivity index (χ3v) is 6.98. The number of rotatable bonds is 8. The fourth-order valence-electron chi connectivity index (χ4n) is 4.06. The number of amides is 1. The predicted octanol–water partition coefficient (Wildman–Crippen LogP) is 4.16. The summed E-state index contributed by atoms with van der Waals surface area (Å²) in [6.45, 7) is 3.84. The number of aryl methyl sites for hydroxylation is 3. The molecule has 30 heavy (non-hydrogen) atoms. The van der Waals surface area contributed by atoms with Crippen LogP contribution in [0.15, 0.2) is 42.5 Å². The quantitative estimate of drug-likeness (QED) is 0.686. The molecule has 0 bridgehead atoms. The summed E-state index contributed by atoms with van der Waals surface area (Å²) in [5.41, 5.74) is 5.50. The molecule has 0 saturated heterocycles. The highest BCUT2D eigenvalue weighted by Crippen LogP contribution is 2.26. The lowest BCUT2D eigenvalue weighted by atomic mass is 9.89. The van der Waals surface area contributed by atoms with Crippen molar-refractivity contribution in [3.05, 3.63) is 64.7 Å². The molecule has 1 aliphatic rings. The Kier molecular flexibility index (Phi) is 7.19. The van der Waals surface area contributed by atoms with Crippen LogP contribution in [0.4, 0.5) is 5.69 Å². The average Bonchev–Trinajstić information content (AvgIpc) is 2.75. The Bertz CT molecular complexity index is 984. The van der Waals surface area contributed by atoms with E-state index < -0.39 is 10.0 Å². The average molecular weight is 429 g/mol. The third kappa shape index (κ3) is 5.42. The molecule has 0 fully saturated rings. The van der Waals surface area contributed by atoms with Gasteiger partial charge in [0.2, 0.25) is 15.9 Å². The second kappa shape index (κ2) is 9.65. The largest absolute Gasteiger partial charge is 0.348 e. The van der Waals surface area contributed by atoms with Crippen molar-refractivity contribution < 1.29 is 13.2 Å². The minimum atomic E-state index is -3.58. The van der Waals surface area contributed by atoms with Gasteiger partial charge in [0.15, 0.2) is 0 Å². The van der Waals surface area contributed by atoms with E-state index in [0.29, 0.717) is 5.69 Å². The topological polar surface area (TPSA) is 66.5 Å². The summed E-state index contributed by atoms with van der Waals surface area (Å²) in [6, 6.07) is 13.7. The number of benzene rings is 2. The van der Waals surface area contributed by atoms with Crippen molar-refractivity contribution in [1.82, 2.24) is 5.32 Å².